The number of unbranched alkanes of at least 4 members (excludes halogenated alkanes) is 41. The molecule has 0 heterocycles. The summed E-state index contributed by atoms with van der Waals surface area (Å²) < 4.78 is 68.6. The van der Waals surface area contributed by atoms with Crippen molar-refractivity contribution in [3.05, 3.63) is 0 Å². The lowest BCUT2D eigenvalue weighted by atomic mass is 9.99. The van der Waals surface area contributed by atoms with Gasteiger partial charge in [-0.05, 0) is 49.4 Å². The lowest BCUT2D eigenvalue weighted by Gasteiger charge is -2.21. The van der Waals surface area contributed by atoms with Crippen molar-refractivity contribution >= 4 is 39.5 Å². The second kappa shape index (κ2) is 68.2. The molecule has 0 aliphatic carbocycles. The normalized spacial score (nSPS) is 14.3. The van der Waals surface area contributed by atoms with Crippen LogP contribution in [0.25, 0.3) is 0 Å². The van der Waals surface area contributed by atoms with Gasteiger partial charge in [-0.2, -0.15) is 0 Å². The van der Waals surface area contributed by atoms with E-state index in [2.05, 4.69) is 55.4 Å². The van der Waals surface area contributed by atoms with Gasteiger partial charge in [0.25, 0.3) is 0 Å². The van der Waals surface area contributed by atoms with E-state index in [0.29, 0.717) is 37.5 Å². The predicted molar refractivity (Wildman–Crippen MR) is 400 cm³/mol. The van der Waals surface area contributed by atoms with Gasteiger partial charge in [0, 0.05) is 25.7 Å². The van der Waals surface area contributed by atoms with Crippen molar-refractivity contribution in [3.63, 3.8) is 0 Å². The molecule has 0 rings (SSSR count). The molecule has 0 aromatic carbocycles. The second-order valence-electron chi connectivity index (χ2n) is 30.1. The summed E-state index contributed by atoms with van der Waals surface area (Å²) in [7, 11) is -9.92. The van der Waals surface area contributed by atoms with E-state index in [4.69, 9.17) is 37.0 Å². The first-order chi connectivity index (χ1) is 47.1. The van der Waals surface area contributed by atoms with Crippen LogP contribution in [0.1, 0.15) is 402 Å². The van der Waals surface area contributed by atoms with Gasteiger partial charge in [0.1, 0.15) is 19.3 Å². The SMILES string of the molecule is CCC(C)CCCCCCCCCCCCCCCCCCCCC(=O)O[C@H](COC(=O)CCCCCCCCCC(C)C)COP(=O)(O)OCC(O)COP(=O)(O)OC[C@@H](COC(=O)CCCCCCCCCC(C)C)OC(=O)CCCCCCCCCCCCCCCC(C)C. The maximum absolute atomic E-state index is 13.1. The summed E-state index contributed by atoms with van der Waals surface area (Å²) in [5.41, 5.74) is 0. The van der Waals surface area contributed by atoms with Crippen molar-refractivity contribution in [3.8, 4) is 0 Å². The third-order valence-electron chi connectivity index (χ3n) is 18.7. The molecule has 0 aliphatic rings. The van der Waals surface area contributed by atoms with Crippen LogP contribution in [0.15, 0.2) is 0 Å². The molecule has 0 radical (unpaired) electrons. The lowest BCUT2D eigenvalue weighted by molar-refractivity contribution is -0.161. The summed E-state index contributed by atoms with van der Waals surface area (Å²) in [5.74, 6) is 0.948. The third kappa shape index (κ3) is 71.1. The van der Waals surface area contributed by atoms with E-state index in [0.717, 1.165) is 115 Å². The van der Waals surface area contributed by atoms with Crippen LogP contribution in [0.5, 0.6) is 0 Å². The molecule has 0 aliphatic heterocycles. The smallest absolute Gasteiger partial charge is 0.462 e. The highest BCUT2D eigenvalue weighted by atomic mass is 31.2. The van der Waals surface area contributed by atoms with Crippen molar-refractivity contribution in [1.29, 1.82) is 0 Å². The van der Waals surface area contributed by atoms with E-state index in [1.165, 1.54) is 193 Å². The van der Waals surface area contributed by atoms with Crippen LogP contribution in [0.3, 0.4) is 0 Å². The highest BCUT2D eigenvalue weighted by molar-refractivity contribution is 7.47. The molecule has 17 nitrogen and oxygen atoms in total. The average molecular weight is 1440 g/mol. The number of carbonyl (C=O) groups excluding carboxylic acids is 4. The number of rotatable bonds is 76. The number of esters is 4. The molecule has 0 aromatic rings. The Labute approximate surface area is 600 Å². The zero-order valence-corrected chi connectivity index (χ0v) is 66.2. The van der Waals surface area contributed by atoms with E-state index >= 15 is 0 Å². The highest BCUT2D eigenvalue weighted by Crippen LogP contribution is 2.45. The van der Waals surface area contributed by atoms with Crippen LogP contribution >= 0.6 is 15.6 Å². The molecular weight excluding hydrogens is 1280 g/mol. The molecule has 19 heteroatoms. The monoisotopic (exact) mass is 1440 g/mol. The van der Waals surface area contributed by atoms with E-state index in [1.807, 2.05) is 0 Å². The van der Waals surface area contributed by atoms with Gasteiger partial charge >= 0.3 is 39.5 Å². The Morgan fingerprint density at radius 1 is 0.286 bits per heavy atom. The number of carbonyl (C=O) groups is 4. The number of hydrogen-bond donors (Lipinski definition) is 3. The van der Waals surface area contributed by atoms with E-state index in [1.54, 1.807) is 0 Å². The highest BCUT2D eigenvalue weighted by Gasteiger charge is 2.30. The summed E-state index contributed by atoms with van der Waals surface area (Å²) in [6.07, 6.45) is 54.4. The van der Waals surface area contributed by atoms with Crippen LogP contribution in [-0.4, -0.2) is 96.7 Å². The van der Waals surface area contributed by atoms with Crippen LogP contribution < -0.4 is 0 Å². The van der Waals surface area contributed by atoms with Gasteiger partial charge in [0.15, 0.2) is 12.2 Å². The Balaban J connectivity index is 5.17. The molecular formula is C79H154O17P2. The van der Waals surface area contributed by atoms with Crippen molar-refractivity contribution in [2.24, 2.45) is 23.7 Å². The van der Waals surface area contributed by atoms with Gasteiger partial charge in [-0.1, -0.05) is 351 Å². The average Bonchev–Trinajstić information content (AvgIpc) is 1.04. The van der Waals surface area contributed by atoms with Crippen molar-refractivity contribution in [2.75, 3.05) is 39.6 Å². The lowest BCUT2D eigenvalue weighted by Crippen LogP contribution is -2.30. The van der Waals surface area contributed by atoms with Gasteiger partial charge in [0.05, 0.1) is 26.4 Å². The van der Waals surface area contributed by atoms with Crippen molar-refractivity contribution < 1.29 is 80.2 Å². The van der Waals surface area contributed by atoms with Gasteiger partial charge in [-0.15, -0.1) is 0 Å². The Hall–Kier alpha value is -1.94. The van der Waals surface area contributed by atoms with Gasteiger partial charge in [-0.3, -0.25) is 37.3 Å². The van der Waals surface area contributed by atoms with Crippen LogP contribution in [0.4, 0.5) is 0 Å². The van der Waals surface area contributed by atoms with Gasteiger partial charge < -0.3 is 33.8 Å². The molecule has 3 N–H and O–H groups in total. The standard InChI is InChI=1S/C79H154O17P2/c1-9-72(8)58-50-42-34-26-22-18-14-12-10-11-13-15-19-23-27-35-45-53-61-78(83)95-74(65-89-76(81)59-51-43-37-29-32-40-48-56-70(4)5)67-93-97(85,86)91-63-73(80)64-92-98(87,88)94-68-75(66-90-77(82)60-52-44-38-30-33-41-49-57-71(6)7)96-79(84)62-54-46-36-28-24-20-16-17-21-25-31-39-47-55-69(2)3/h69-75,80H,9-68H2,1-8H3,(H,85,86)(H,87,88)/t72?,73?,74-,75-/m1/s1. The maximum atomic E-state index is 13.1. The number of aliphatic hydroxyl groups excluding tert-OH is 1. The summed E-state index contributed by atoms with van der Waals surface area (Å²) in [6, 6.07) is 0. The molecule has 0 fully saturated rings. The van der Waals surface area contributed by atoms with Crippen molar-refractivity contribution in [1.82, 2.24) is 0 Å². The molecule has 582 valence electrons. The van der Waals surface area contributed by atoms with Gasteiger partial charge in [-0.25, -0.2) is 9.13 Å². The van der Waals surface area contributed by atoms with Crippen LogP contribution in [-0.2, 0) is 65.4 Å². The van der Waals surface area contributed by atoms with Crippen LogP contribution in [0.2, 0.25) is 0 Å². The molecule has 6 atom stereocenters. The summed E-state index contributed by atoms with van der Waals surface area (Å²) in [5, 5.41) is 10.6. The zero-order chi connectivity index (χ0) is 72.4. The van der Waals surface area contributed by atoms with Crippen molar-refractivity contribution in [2.45, 2.75) is 420 Å². The summed E-state index contributed by atoms with van der Waals surface area (Å²) in [4.78, 5) is 72.8. The largest absolute Gasteiger partial charge is 0.472 e. The number of phosphoric ester groups is 2. The first-order valence-electron chi connectivity index (χ1n) is 40.7. The summed E-state index contributed by atoms with van der Waals surface area (Å²) in [6.45, 7) is 14.2. The molecule has 0 spiro atoms. The fourth-order valence-corrected chi connectivity index (χ4v) is 13.6. The molecule has 0 bridgehead atoms. The summed E-state index contributed by atoms with van der Waals surface area (Å²) >= 11 is 0. The van der Waals surface area contributed by atoms with E-state index < -0.39 is 97.5 Å². The number of aliphatic hydroxyl groups is 1. The third-order valence-corrected chi connectivity index (χ3v) is 20.6. The zero-order valence-electron chi connectivity index (χ0n) is 64.4. The number of hydrogen-bond acceptors (Lipinski definition) is 15. The quantitative estimate of drug-likeness (QED) is 0.0222. The van der Waals surface area contributed by atoms with E-state index in [9.17, 15) is 43.2 Å². The molecule has 0 saturated carbocycles. The van der Waals surface area contributed by atoms with Crippen LogP contribution in [0, 0.1) is 23.7 Å². The minimum atomic E-state index is -4.96. The first kappa shape index (κ1) is 96.1. The molecule has 0 saturated heterocycles. The first-order valence-corrected chi connectivity index (χ1v) is 43.7. The molecule has 0 aromatic heterocycles. The Bertz CT molecular complexity index is 1920. The Morgan fingerprint density at radius 2 is 0.490 bits per heavy atom. The fourth-order valence-electron chi connectivity index (χ4n) is 12.0. The molecule has 4 unspecified atom stereocenters. The minimum Gasteiger partial charge on any atom is -0.462 e. The fraction of sp³-hybridized carbons (Fsp3) is 0.949. The molecule has 98 heavy (non-hydrogen) atoms. The van der Waals surface area contributed by atoms with E-state index in [-0.39, 0.29) is 25.7 Å². The Kier molecular flexibility index (Phi) is 66.8. The minimum absolute atomic E-state index is 0.106. The van der Waals surface area contributed by atoms with Gasteiger partial charge in [0.2, 0.25) is 0 Å². The second-order valence-corrected chi connectivity index (χ2v) is 33.0. The maximum Gasteiger partial charge on any atom is 0.472 e. The Morgan fingerprint density at radius 3 is 0.724 bits per heavy atom. The topological polar surface area (TPSA) is 237 Å². The number of phosphoric acid groups is 2. The molecule has 0 amide bonds. The predicted octanol–water partition coefficient (Wildman–Crippen LogP) is 23.2. The number of ether oxygens (including phenoxy) is 4.